The van der Waals surface area contributed by atoms with Crippen LogP contribution in [0.2, 0.25) is 10.0 Å². The van der Waals surface area contributed by atoms with E-state index in [1.807, 2.05) is 13.0 Å². The second kappa shape index (κ2) is 5.59. The molecular weight excluding hydrogens is 272 g/mol. The number of nitrogens with one attached hydrogen (secondary N) is 1. The van der Waals surface area contributed by atoms with Gasteiger partial charge in [-0.3, -0.25) is 0 Å². The van der Waals surface area contributed by atoms with Crippen molar-refractivity contribution >= 4 is 28.9 Å². The summed E-state index contributed by atoms with van der Waals surface area (Å²) in [4.78, 5) is 0. The minimum absolute atomic E-state index is 0.0422. The fourth-order valence-corrected chi connectivity index (χ4v) is 2.16. The van der Waals surface area contributed by atoms with Crippen molar-refractivity contribution in [3.63, 3.8) is 0 Å². The van der Waals surface area contributed by atoms with Gasteiger partial charge in [-0.05, 0) is 42.8 Å². The van der Waals surface area contributed by atoms with Crippen LogP contribution in [0.15, 0.2) is 42.5 Å². The van der Waals surface area contributed by atoms with Gasteiger partial charge < -0.3 is 5.32 Å². The third-order valence-electron chi connectivity index (χ3n) is 2.65. The van der Waals surface area contributed by atoms with Crippen molar-refractivity contribution in [2.45, 2.75) is 13.0 Å². The minimum Gasteiger partial charge on any atom is -0.377 e. The predicted octanol–water partition coefficient (Wildman–Crippen LogP) is 5.31. The van der Waals surface area contributed by atoms with Gasteiger partial charge in [0.25, 0.3) is 0 Å². The molecule has 18 heavy (non-hydrogen) atoms. The smallest absolute Gasteiger partial charge is 0.123 e. The van der Waals surface area contributed by atoms with Crippen LogP contribution in [0.4, 0.5) is 10.1 Å². The van der Waals surface area contributed by atoms with Gasteiger partial charge in [0.1, 0.15) is 5.82 Å². The lowest BCUT2D eigenvalue weighted by Gasteiger charge is -2.17. The van der Waals surface area contributed by atoms with E-state index in [-0.39, 0.29) is 11.9 Å². The number of hydrogen-bond acceptors (Lipinski definition) is 1. The van der Waals surface area contributed by atoms with Gasteiger partial charge in [0, 0.05) is 11.1 Å². The Morgan fingerprint density at radius 3 is 2.56 bits per heavy atom. The highest BCUT2D eigenvalue weighted by Gasteiger charge is 2.08. The maximum atomic E-state index is 13.1. The molecule has 0 aliphatic rings. The van der Waals surface area contributed by atoms with E-state index in [4.69, 9.17) is 23.2 Å². The molecule has 0 aliphatic carbocycles. The topological polar surface area (TPSA) is 12.0 Å². The first-order valence-corrected chi connectivity index (χ1v) is 6.29. The van der Waals surface area contributed by atoms with Crippen LogP contribution < -0.4 is 5.32 Å². The Balaban J connectivity index is 2.18. The molecule has 0 heterocycles. The summed E-state index contributed by atoms with van der Waals surface area (Å²) in [6.45, 7) is 1.94. The average molecular weight is 284 g/mol. The van der Waals surface area contributed by atoms with Gasteiger partial charge >= 0.3 is 0 Å². The van der Waals surface area contributed by atoms with Gasteiger partial charge in [-0.1, -0.05) is 35.3 Å². The Morgan fingerprint density at radius 2 is 1.89 bits per heavy atom. The zero-order valence-electron chi connectivity index (χ0n) is 9.75. The quantitative estimate of drug-likeness (QED) is 0.805. The zero-order chi connectivity index (χ0) is 13.1. The molecule has 0 saturated heterocycles. The maximum Gasteiger partial charge on any atom is 0.123 e. The molecule has 94 valence electrons. The molecule has 0 spiro atoms. The average Bonchev–Trinajstić information content (AvgIpc) is 2.32. The van der Waals surface area contributed by atoms with Gasteiger partial charge in [0.2, 0.25) is 0 Å². The molecule has 0 bridgehead atoms. The van der Waals surface area contributed by atoms with E-state index in [1.165, 1.54) is 12.1 Å². The number of halogens is 3. The van der Waals surface area contributed by atoms with E-state index < -0.39 is 0 Å². The Hall–Kier alpha value is -1.25. The molecule has 2 aromatic carbocycles. The Bertz CT molecular complexity index is 557. The van der Waals surface area contributed by atoms with E-state index in [2.05, 4.69) is 5.32 Å². The van der Waals surface area contributed by atoms with Crippen LogP contribution in [0.5, 0.6) is 0 Å². The van der Waals surface area contributed by atoms with E-state index in [1.54, 1.807) is 24.3 Å². The van der Waals surface area contributed by atoms with E-state index in [0.29, 0.717) is 10.0 Å². The van der Waals surface area contributed by atoms with Gasteiger partial charge in [-0.25, -0.2) is 4.39 Å². The van der Waals surface area contributed by atoms with Crippen molar-refractivity contribution in [2.24, 2.45) is 0 Å². The third kappa shape index (κ3) is 3.15. The molecule has 1 N–H and O–H groups in total. The van der Waals surface area contributed by atoms with Crippen LogP contribution in [0.3, 0.4) is 0 Å². The van der Waals surface area contributed by atoms with Crippen LogP contribution in [-0.2, 0) is 0 Å². The van der Waals surface area contributed by atoms with Crippen LogP contribution in [0.1, 0.15) is 18.5 Å². The van der Waals surface area contributed by atoms with Crippen molar-refractivity contribution in [1.29, 1.82) is 0 Å². The van der Waals surface area contributed by atoms with Crippen LogP contribution >= 0.6 is 23.2 Å². The monoisotopic (exact) mass is 283 g/mol. The van der Waals surface area contributed by atoms with Crippen molar-refractivity contribution in [2.75, 3.05) is 5.32 Å². The summed E-state index contributed by atoms with van der Waals surface area (Å²) in [6, 6.07) is 11.7. The first-order chi connectivity index (χ1) is 8.56. The third-order valence-corrected chi connectivity index (χ3v) is 3.20. The van der Waals surface area contributed by atoms with E-state index in [0.717, 1.165) is 11.3 Å². The summed E-state index contributed by atoms with van der Waals surface area (Å²) in [5.74, 6) is -0.247. The number of hydrogen-bond donors (Lipinski definition) is 1. The molecule has 1 nitrogen and oxygen atoms in total. The zero-order valence-corrected chi connectivity index (χ0v) is 11.3. The van der Waals surface area contributed by atoms with Crippen LogP contribution in [0, 0.1) is 5.82 Å². The summed E-state index contributed by atoms with van der Waals surface area (Å²) in [5.41, 5.74) is 1.64. The highest BCUT2D eigenvalue weighted by atomic mass is 35.5. The Labute approximate surface area is 116 Å². The van der Waals surface area contributed by atoms with Crippen LogP contribution in [0.25, 0.3) is 0 Å². The molecule has 0 aromatic heterocycles. The molecule has 1 unspecified atom stereocenters. The van der Waals surface area contributed by atoms with Gasteiger partial charge in [0.15, 0.2) is 0 Å². The summed E-state index contributed by atoms with van der Waals surface area (Å²) >= 11 is 11.9. The normalized spacial score (nSPS) is 12.2. The largest absolute Gasteiger partial charge is 0.377 e. The van der Waals surface area contributed by atoms with Gasteiger partial charge in [-0.2, -0.15) is 0 Å². The summed E-state index contributed by atoms with van der Waals surface area (Å²) in [6.07, 6.45) is 0. The SMILES string of the molecule is CC(Nc1ccc(Cl)cc1Cl)c1cccc(F)c1. The molecule has 1 atom stereocenters. The molecule has 0 saturated carbocycles. The molecular formula is C14H12Cl2FN. The highest BCUT2D eigenvalue weighted by molar-refractivity contribution is 6.36. The molecule has 0 fully saturated rings. The molecule has 2 rings (SSSR count). The number of rotatable bonds is 3. The van der Waals surface area contributed by atoms with Crippen molar-refractivity contribution in [3.8, 4) is 0 Å². The summed E-state index contributed by atoms with van der Waals surface area (Å²) < 4.78 is 13.1. The Kier molecular flexibility index (Phi) is 4.10. The molecule has 2 aromatic rings. The van der Waals surface area contributed by atoms with Crippen LogP contribution in [-0.4, -0.2) is 0 Å². The lowest BCUT2D eigenvalue weighted by molar-refractivity contribution is 0.623. The minimum atomic E-state index is -0.247. The lowest BCUT2D eigenvalue weighted by Crippen LogP contribution is -2.07. The first kappa shape index (κ1) is 13.2. The molecule has 4 heteroatoms. The lowest BCUT2D eigenvalue weighted by atomic mass is 10.1. The molecule has 0 radical (unpaired) electrons. The van der Waals surface area contributed by atoms with E-state index >= 15 is 0 Å². The summed E-state index contributed by atoms with van der Waals surface area (Å²) in [7, 11) is 0. The number of benzene rings is 2. The fourth-order valence-electron chi connectivity index (χ4n) is 1.70. The first-order valence-electron chi connectivity index (χ1n) is 5.53. The maximum absolute atomic E-state index is 13.1. The van der Waals surface area contributed by atoms with E-state index in [9.17, 15) is 4.39 Å². The number of anilines is 1. The second-order valence-corrected chi connectivity index (χ2v) is 4.89. The van der Waals surface area contributed by atoms with Crippen molar-refractivity contribution in [1.82, 2.24) is 0 Å². The van der Waals surface area contributed by atoms with Crippen molar-refractivity contribution < 1.29 is 4.39 Å². The fraction of sp³-hybridized carbons (Fsp3) is 0.143. The second-order valence-electron chi connectivity index (χ2n) is 4.05. The highest BCUT2D eigenvalue weighted by Crippen LogP contribution is 2.28. The van der Waals surface area contributed by atoms with Gasteiger partial charge in [0.05, 0.1) is 10.7 Å². The van der Waals surface area contributed by atoms with Crippen molar-refractivity contribution in [3.05, 3.63) is 63.9 Å². The van der Waals surface area contributed by atoms with Gasteiger partial charge in [-0.15, -0.1) is 0 Å². The standard InChI is InChI=1S/C14H12Cl2FN/c1-9(10-3-2-4-12(17)7-10)18-14-6-5-11(15)8-13(14)16/h2-9,18H,1H3. The molecule has 0 aliphatic heterocycles. The molecule has 0 amide bonds. The Morgan fingerprint density at radius 1 is 1.11 bits per heavy atom. The summed E-state index contributed by atoms with van der Waals surface area (Å²) in [5, 5.41) is 4.36. The predicted molar refractivity (Wildman–Crippen MR) is 74.9 cm³/mol.